The number of amides is 1. The third kappa shape index (κ3) is 4.28. The second-order valence-corrected chi connectivity index (χ2v) is 5.99. The SMILES string of the molecule is COc1ccc(OC)c([C@@H](C)NC(=O)Cc2ccc(C)c(C)c2)c1. The first kappa shape index (κ1) is 17.9. The molecule has 0 fully saturated rings. The molecule has 0 aliphatic heterocycles. The topological polar surface area (TPSA) is 47.6 Å². The van der Waals surface area contributed by atoms with E-state index in [4.69, 9.17) is 9.47 Å². The first-order chi connectivity index (χ1) is 11.4. The summed E-state index contributed by atoms with van der Waals surface area (Å²) >= 11 is 0. The van der Waals surface area contributed by atoms with Gasteiger partial charge in [-0.25, -0.2) is 0 Å². The van der Waals surface area contributed by atoms with Gasteiger partial charge in [-0.2, -0.15) is 0 Å². The maximum Gasteiger partial charge on any atom is 0.224 e. The molecule has 1 amide bonds. The fourth-order valence-electron chi connectivity index (χ4n) is 2.65. The van der Waals surface area contributed by atoms with Crippen LogP contribution in [0.15, 0.2) is 36.4 Å². The zero-order chi connectivity index (χ0) is 17.7. The van der Waals surface area contributed by atoms with Crippen LogP contribution >= 0.6 is 0 Å². The van der Waals surface area contributed by atoms with Crippen LogP contribution in [0.25, 0.3) is 0 Å². The Labute approximate surface area is 143 Å². The van der Waals surface area contributed by atoms with Crippen molar-refractivity contribution in [2.75, 3.05) is 14.2 Å². The average molecular weight is 327 g/mol. The van der Waals surface area contributed by atoms with Crippen molar-refractivity contribution in [3.63, 3.8) is 0 Å². The van der Waals surface area contributed by atoms with Crippen LogP contribution in [0.1, 0.15) is 35.2 Å². The first-order valence-electron chi connectivity index (χ1n) is 8.02. The van der Waals surface area contributed by atoms with E-state index in [0.717, 1.165) is 22.6 Å². The minimum absolute atomic E-state index is 0.0179. The number of carbonyl (C=O) groups excluding carboxylic acids is 1. The summed E-state index contributed by atoms with van der Waals surface area (Å²) < 4.78 is 10.6. The molecule has 0 spiro atoms. The maximum atomic E-state index is 12.4. The van der Waals surface area contributed by atoms with Crippen LogP contribution in [-0.2, 0) is 11.2 Å². The number of hydrogen-bond donors (Lipinski definition) is 1. The lowest BCUT2D eigenvalue weighted by Crippen LogP contribution is -2.28. The van der Waals surface area contributed by atoms with Crippen molar-refractivity contribution in [2.45, 2.75) is 33.2 Å². The fourth-order valence-corrected chi connectivity index (χ4v) is 2.65. The standard InChI is InChI=1S/C20H25NO3/c1-13-6-7-16(10-14(13)2)11-20(22)21-15(3)18-12-17(23-4)8-9-19(18)24-5/h6-10,12,15H,11H2,1-5H3,(H,21,22)/t15-/m1/s1. The van der Waals surface area contributed by atoms with E-state index in [2.05, 4.69) is 25.2 Å². The van der Waals surface area contributed by atoms with E-state index in [1.807, 2.05) is 37.3 Å². The van der Waals surface area contributed by atoms with Gasteiger partial charge in [-0.3, -0.25) is 4.79 Å². The Kier molecular flexibility index (Phi) is 5.85. The van der Waals surface area contributed by atoms with Gasteiger partial charge in [0.25, 0.3) is 0 Å². The van der Waals surface area contributed by atoms with Crippen molar-refractivity contribution in [3.05, 3.63) is 58.7 Å². The summed E-state index contributed by atoms with van der Waals surface area (Å²) in [6.45, 7) is 6.06. The van der Waals surface area contributed by atoms with Crippen molar-refractivity contribution < 1.29 is 14.3 Å². The van der Waals surface area contributed by atoms with Crippen molar-refractivity contribution in [2.24, 2.45) is 0 Å². The summed E-state index contributed by atoms with van der Waals surface area (Å²) in [6, 6.07) is 11.5. The predicted molar refractivity (Wildman–Crippen MR) is 95.7 cm³/mol. The van der Waals surface area contributed by atoms with Gasteiger partial charge in [0.2, 0.25) is 5.91 Å². The van der Waals surface area contributed by atoms with Gasteiger partial charge >= 0.3 is 0 Å². The number of methoxy groups -OCH3 is 2. The molecule has 0 aliphatic carbocycles. The average Bonchev–Trinajstić information content (AvgIpc) is 2.57. The van der Waals surface area contributed by atoms with Gasteiger partial charge in [-0.15, -0.1) is 0 Å². The normalized spacial score (nSPS) is 11.7. The molecule has 2 aromatic rings. The lowest BCUT2D eigenvalue weighted by atomic mass is 10.0. The van der Waals surface area contributed by atoms with Gasteiger partial charge in [-0.1, -0.05) is 18.2 Å². The summed E-state index contributed by atoms with van der Waals surface area (Å²) in [7, 11) is 3.24. The number of carbonyl (C=O) groups is 1. The zero-order valence-corrected chi connectivity index (χ0v) is 15.0. The largest absolute Gasteiger partial charge is 0.497 e. The molecule has 1 atom stereocenters. The van der Waals surface area contributed by atoms with E-state index < -0.39 is 0 Å². The molecular formula is C20H25NO3. The predicted octanol–water partition coefficient (Wildman–Crippen LogP) is 3.74. The van der Waals surface area contributed by atoms with Crippen molar-refractivity contribution in [1.29, 1.82) is 0 Å². The molecule has 2 rings (SSSR count). The van der Waals surface area contributed by atoms with E-state index in [0.29, 0.717) is 6.42 Å². The van der Waals surface area contributed by atoms with E-state index >= 15 is 0 Å². The van der Waals surface area contributed by atoms with Crippen molar-refractivity contribution in [1.82, 2.24) is 5.32 Å². The van der Waals surface area contributed by atoms with Crippen LogP contribution in [0.3, 0.4) is 0 Å². The molecule has 0 aliphatic rings. The van der Waals surface area contributed by atoms with E-state index in [1.165, 1.54) is 11.1 Å². The van der Waals surface area contributed by atoms with E-state index in [9.17, 15) is 4.79 Å². The highest BCUT2D eigenvalue weighted by Gasteiger charge is 2.15. The summed E-state index contributed by atoms with van der Waals surface area (Å²) in [4.78, 5) is 12.4. The van der Waals surface area contributed by atoms with Gasteiger partial charge in [0.15, 0.2) is 0 Å². The lowest BCUT2D eigenvalue weighted by Gasteiger charge is -2.18. The van der Waals surface area contributed by atoms with E-state index in [-0.39, 0.29) is 11.9 Å². The minimum Gasteiger partial charge on any atom is -0.497 e. The summed E-state index contributed by atoms with van der Waals surface area (Å²) in [6.07, 6.45) is 0.359. The Balaban J connectivity index is 2.09. The van der Waals surface area contributed by atoms with E-state index in [1.54, 1.807) is 14.2 Å². The Hall–Kier alpha value is -2.49. The number of ether oxygens (including phenoxy) is 2. The highest BCUT2D eigenvalue weighted by atomic mass is 16.5. The van der Waals surface area contributed by atoms with Gasteiger partial charge < -0.3 is 14.8 Å². The molecular weight excluding hydrogens is 302 g/mol. The van der Waals surface area contributed by atoms with Gasteiger partial charge in [0.1, 0.15) is 11.5 Å². The number of nitrogens with one attached hydrogen (secondary N) is 1. The van der Waals surface area contributed by atoms with Gasteiger partial charge in [0.05, 0.1) is 26.7 Å². The summed E-state index contributed by atoms with van der Waals surface area (Å²) in [5.74, 6) is 1.45. The van der Waals surface area contributed by atoms with Gasteiger partial charge in [-0.05, 0) is 55.7 Å². The molecule has 4 heteroatoms. The molecule has 4 nitrogen and oxygen atoms in total. The molecule has 0 saturated heterocycles. The molecule has 0 saturated carbocycles. The Bertz CT molecular complexity index is 725. The second-order valence-electron chi connectivity index (χ2n) is 5.99. The molecule has 0 bridgehead atoms. The number of hydrogen-bond acceptors (Lipinski definition) is 3. The quantitative estimate of drug-likeness (QED) is 0.879. The Morgan fingerprint density at radius 3 is 2.42 bits per heavy atom. The number of benzene rings is 2. The van der Waals surface area contributed by atoms with Crippen molar-refractivity contribution >= 4 is 5.91 Å². The summed E-state index contributed by atoms with van der Waals surface area (Å²) in [5, 5.41) is 3.03. The van der Waals surface area contributed by atoms with Crippen LogP contribution < -0.4 is 14.8 Å². The maximum absolute atomic E-state index is 12.4. The fraction of sp³-hybridized carbons (Fsp3) is 0.350. The van der Waals surface area contributed by atoms with Crippen molar-refractivity contribution in [3.8, 4) is 11.5 Å². The second kappa shape index (κ2) is 7.86. The molecule has 128 valence electrons. The van der Waals surface area contributed by atoms with Crippen LogP contribution in [0.2, 0.25) is 0 Å². The third-order valence-corrected chi connectivity index (χ3v) is 4.22. The number of rotatable bonds is 6. The van der Waals surface area contributed by atoms with Crippen LogP contribution in [0.5, 0.6) is 11.5 Å². The van der Waals surface area contributed by atoms with Crippen LogP contribution in [0.4, 0.5) is 0 Å². The van der Waals surface area contributed by atoms with Crippen LogP contribution in [-0.4, -0.2) is 20.1 Å². The van der Waals surface area contributed by atoms with Crippen LogP contribution in [0, 0.1) is 13.8 Å². The molecule has 2 aromatic carbocycles. The molecule has 0 aromatic heterocycles. The third-order valence-electron chi connectivity index (χ3n) is 4.22. The molecule has 1 N–H and O–H groups in total. The smallest absolute Gasteiger partial charge is 0.224 e. The summed E-state index contributed by atoms with van der Waals surface area (Å²) in [5.41, 5.74) is 4.34. The molecule has 0 heterocycles. The Morgan fingerprint density at radius 1 is 1.04 bits per heavy atom. The highest BCUT2D eigenvalue weighted by molar-refractivity contribution is 5.79. The Morgan fingerprint density at radius 2 is 1.79 bits per heavy atom. The van der Waals surface area contributed by atoms with Gasteiger partial charge in [0, 0.05) is 5.56 Å². The monoisotopic (exact) mass is 327 g/mol. The highest BCUT2D eigenvalue weighted by Crippen LogP contribution is 2.29. The molecule has 0 unspecified atom stereocenters. The zero-order valence-electron chi connectivity index (χ0n) is 15.0. The first-order valence-corrected chi connectivity index (χ1v) is 8.02. The molecule has 0 radical (unpaired) electrons. The minimum atomic E-state index is -0.172. The lowest BCUT2D eigenvalue weighted by molar-refractivity contribution is -0.121. The number of aryl methyl sites for hydroxylation is 2. The molecule has 24 heavy (non-hydrogen) atoms.